The molecule has 0 saturated carbocycles. The highest BCUT2D eigenvalue weighted by molar-refractivity contribution is 5.96. The van der Waals surface area contributed by atoms with Crippen LogP contribution in [0.15, 0.2) is 54.6 Å². The van der Waals surface area contributed by atoms with E-state index in [9.17, 15) is 14.4 Å². The topological polar surface area (TPSA) is 44.1 Å². The molecule has 0 saturated heterocycles. The Balaban J connectivity index is 2.17. The Hall–Kier alpha value is -2.67. The summed E-state index contributed by atoms with van der Waals surface area (Å²) in [6.07, 6.45) is 0.314. The number of nitrogens with zero attached hydrogens (tertiary/aromatic N) is 2. The summed E-state index contributed by atoms with van der Waals surface area (Å²) in [6, 6.07) is 17.3. The third kappa shape index (κ3) is 3.46. The Morgan fingerprint density at radius 3 is 2.43 bits per heavy atom. The van der Waals surface area contributed by atoms with Crippen LogP contribution in [0.4, 0.5) is 10.1 Å². The predicted molar refractivity (Wildman–Crippen MR) is 79.1 cm³/mol. The zero-order valence-corrected chi connectivity index (χ0v) is 11.7. The number of rotatable bonds is 4. The third-order valence-electron chi connectivity index (χ3n) is 3.28. The van der Waals surface area contributed by atoms with Gasteiger partial charge in [0.2, 0.25) is 5.91 Å². The molecule has 2 aromatic rings. The highest BCUT2D eigenvalue weighted by atomic mass is 19.1. The zero-order valence-electron chi connectivity index (χ0n) is 11.7. The molecular weight excluding hydrogens is 267 g/mol. The van der Waals surface area contributed by atoms with Crippen LogP contribution in [-0.4, -0.2) is 13.0 Å². The SMILES string of the molecule is CN(C(=O)C(C#N)Cc1ccccc1)c1ccccc1F. The molecule has 21 heavy (non-hydrogen) atoms. The average Bonchev–Trinajstić information content (AvgIpc) is 2.53. The molecule has 0 heterocycles. The van der Waals surface area contributed by atoms with Gasteiger partial charge in [0.05, 0.1) is 11.8 Å². The maximum Gasteiger partial charge on any atom is 0.244 e. The smallest absolute Gasteiger partial charge is 0.244 e. The first-order valence-electron chi connectivity index (χ1n) is 6.59. The molecule has 0 aliphatic rings. The van der Waals surface area contributed by atoms with E-state index in [0.717, 1.165) is 5.56 Å². The number of hydrogen-bond donors (Lipinski definition) is 0. The molecule has 0 N–H and O–H groups in total. The second-order valence-electron chi connectivity index (χ2n) is 4.72. The molecule has 1 unspecified atom stereocenters. The standard InChI is InChI=1S/C17H15FN2O/c1-20(16-10-6-5-9-15(16)18)17(21)14(12-19)11-13-7-3-2-4-8-13/h2-10,14H,11H2,1H3. The molecule has 0 fully saturated rings. The molecule has 2 aromatic carbocycles. The molecule has 3 nitrogen and oxygen atoms in total. The number of nitriles is 1. The van der Waals surface area contributed by atoms with Crippen molar-refractivity contribution in [3.8, 4) is 6.07 Å². The van der Waals surface area contributed by atoms with E-state index in [1.165, 1.54) is 24.1 Å². The van der Waals surface area contributed by atoms with Gasteiger partial charge in [-0.05, 0) is 24.1 Å². The van der Waals surface area contributed by atoms with Crippen molar-refractivity contribution in [2.45, 2.75) is 6.42 Å². The highest BCUT2D eigenvalue weighted by Gasteiger charge is 2.24. The summed E-state index contributed by atoms with van der Waals surface area (Å²) in [5.41, 5.74) is 1.08. The summed E-state index contributed by atoms with van der Waals surface area (Å²) in [5.74, 6) is -1.73. The summed E-state index contributed by atoms with van der Waals surface area (Å²) in [6.45, 7) is 0. The Kier molecular flexibility index (Phi) is 4.68. The van der Waals surface area contributed by atoms with Gasteiger partial charge < -0.3 is 4.90 Å². The van der Waals surface area contributed by atoms with E-state index in [2.05, 4.69) is 0 Å². The van der Waals surface area contributed by atoms with Crippen LogP contribution in [0.5, 0.6) is 0 Å². The fourth-order valence-electron chi connectivity index (χ4n) is 2.11. The van der Waals surface area contributed by atoms with Crippen LogP contribution in [0, 0.1) is 23.1 Å². The van der Waals surface area contributed by atoms with E-state index in [0.29, 0.717) is 6.42 Å². The lowest BCUT2D eigenvalue weighted by molar-refractivity contribution is -0.120. The number of hydrogen-bond acceptors (Lipinski definition) is 2. The molecule has 0 aliphatic carbocycles. The molecule has 0 aromatic heterocycles. The van der Waals surface area contributed by atoms with Gasteiger partial charge in [-0.15, -0.1) is 0 Å². The fourth-order valence-corrected chi connectivity index (χ4v) is 2.11. The first kappa shape index (κ1) is 14.7. The molecular formula is C17H15FN2O. The van der Waals surface area contributed by atoms with Crippen molar-refractivity contribution >= 4 is 11.6 Å². The second kappa shape index (κ2) is 6.67. The molecule has 0 radical (unpaired) electrons. The first-order valence-corrected chi connectivity index (χ1v) is 6.59. The maximum absolute atomic E-state index is 13.7. The van der Waals surface area contributed by atoms with Crippen molar-refractivity contribution in [1.82, 2.24) is 0 Å². The van der Waals surface area contributed by atoms with E-state index in [1.54, 1.807) is 12.1 Å². The van der Waals surface area contributed by atoms with Gasteiger partial charge in [0.1, 0.15) is 11.7 Å². The van der Waals surface area contributed by atoms with E-state index in [-0.39, 0.29) is 5.69 Å². The second-order valence-corrected chi connectivity index (χ2v) is 4.72. The minimum atomic E-state index is -0.836. The lowest BCUT2D eigenvalue weighted by Crippen LogP contribution is -2.33. The monoisotopic (exact) mass is 282 g/mol. The number of carbonyl (C=O) groups excluding carboxylic acids is 1. The number of para-hydroxylation sites is 1. The normalized spacial score (nSPS) is 11.5. The van der Waals surface area contributed by atoms with Crippen LogP contribution in [0.1, 0.15) is 5.56 Å². The third-order valence-corrected chi connectivity index (χ3v) is 3.28. The van der Waals surface area contributed by atoms with Gasteiger partial charge in [0.25, 0.3) is 0 Å². The van der Waals surface area contributed by atoms with E-state index in [4.69, 9.17) is 0 Å². The molecule has 0 bridgehead atoms. The molecule has 106 valence electrons. The molecule has 0 aliphatic heterocycles. The highest BCUT2D eigenvalue weighted by Crippen LogP contribution is 2.20. The number of carbonyl (C=O) groups is 1. The summed E-state index contributed by atoms with van der Waals surface area (Å²) in [5, 5.41) is 9.23. The minimum absolute atomic E-state index is 0.177. The maximum atomic E-state index is 13.7. The lowest BCUT2D eigenvalue weighted by Gasteiger charge is -2.20. The van der Waals surface area contributed by atoms with Crippen LogP contribution in [0.3, 0.4) is 0 Å². The van der Waals surface area contributed by atoms with Crippen molar-refractivity contribution in [2.24, 2.45) is 5.92 Å². The van der Waals surface area contributed by atoms with Gasteiger partial charge in [0.15, 0.2) is 0 Å². The average molecular weight is 282 g/mol. The quantitative estimate of drug-likeness (QED) is 0.864. The van der Waals surface area contributed by atoms with Crippen molar-refractivity contribution in [1.29, 1.82) is 5.26 Å². The van der Waals surface area contributed by atoms with Crippen molar-refractivity contribution in [3.63, 3.8) is 0 Å². The van der Waals surface area contributed by atoms with Crippen LogP contribution in [0.25, 0.3) is 0 Å². The van der Waals surface area contributed by atoms with Crippen molar-refractivity contribution in [2.75, 3.05) is 11.9 Å². The van der Waals surface area contributed by atoms with Gasteiger partial charge >= 0.3 is 0 Å². The molecule has 1 amide bonds. The van der Waals surface area contributed by atoms with Crippen molar-refractivity contribution in [3.05, 3.63) is 66.0 Å². The number of anilines is 1. The van der Waals surface area contributed by atoms with Gasteiger partial charge in [-0.1, -0.05) is 42.5 Å². The van der Waals surface area contributed by atoms with E-state index >= 15 is 0 Å². The van der Waals surface area contributed by atoms with Crippen LogP contribution in [0.2, 0.25) is 0 Å². The largest absolute Gasteiger partial charge is 0.312 e. The minimum Gasteiger partial charge on any atom is -0.312 e. The van der Waals surface area contributed by atoms with E-state index < -0.39 is 17.6 Å². The first-order chi connectivity index (χ1) is 10.1. The Bertz CT molecular complexity index is 664. The zero-order chi connectivity index (χ0) is 15.2. The summed E-state index contributed by atoms with van der Waals surface area (Å²) in [7, 11) is 1.48. The number of halogens is 1. The molecule has 4 heteroatoms. The number of amides is 1. The fraction of sp³-hybridized carbons (Fsp3) is 0.176. The van der Waals surface area contributed by atoms with Crippen LogP contribution in [-0.2, 0) is 11.2 Å². The summed E-state index contributed by atoms with van der Waals surface area (Å²) < 4.78 is 13.7. The van der Waals surface area contributed by atoms with Gasteiger partial charge in [-0.25, -0.2) is 4.39 Å². The van der Waals surface area contributed by atoms with Crippen LogP contribution >= 0.6 is 0 Å². The molecule has 2 rings (SSSR count). The van der Waals surface area contributed by atoms with Crippen LogP contribution < -0.4 is 4.90 Å². The van der Waals surface area contributed by atoms with Crippen molar-refractivity contribution < 1.29 is 9.18 Å². The van der Waals surface area contributed by atoms with Gasteiger partial charge in [0, 0.05) is 7.05 Å². The van der Waals surface area contributed by atoms with E-state index in [1.807, 2.05) is 36.4 Å². The molecule has 1 atom stereocenters. The molecule has 0 spiro atoms. The Morgan fingerprint density at radius 1 is 1.19 bits per heavy atom. The lowest BCUT2D eigenvalue weighted by atomic mass is 9.99. The summed E-state index contributed by atoms with van der Waals surface area (Å²) >= 11 is 0. The number of benzene rings is 2. The Morgan fingerprint density at radius 2 is 1.81 bits per heavy atom. The van der Waals surface area contributed by atoms with Gasteiger partial charge in [-0.3, -0.25) is 4.79 Å². The Labute approximate surface area is 123 Å². The van der Waals surface area contributed by atoms with Gasteiger partial charge in [-0.2, -0.15) is 5.26 Å². The predicted octanol–water partition coefficient (Wildman–Crippen LogP) is 3.17. The summed E-state index contributed by atoms with van der Waals surface area (Å²) in [4.78, 5) is 13.6.